The Balaban J connectivity index is 5.26. The summed E-state index contributed by atoms with van der Waals surface area (Å²) < 4.78 is 68.3. The number of esters is 4. The lowest BCUT2D eigenvalue weighted by Gasteiger charge is -2.21. The molecule has 6 atom stereocenters. The summed E-state index contributed by atoms with van der Waals surface area (Å²) in [5.74, 6) is 0.880. The van der Waals surface area contributed by atoms with Crippen molar-refractivity contribution >= 4 is 39.5 Å². The molecule has 3 N–H and O–H groups in total. The summed E-state index contributed by atoms with van der Waals surface area (Å²) in [7, 11) is -9.90. The summed E-state index contributed by atoms with van der Waals surface area (Å²) in [5, 5.41) is 10.6. The fraction of sp³-hybridized carbons (Fsp3) is 0.944. The van der Waals surface area contributed by atoms with Gasteiger partial charge in [-0.3, -0.25) is 37.3 Å². The Kier molecular flexibility index (Phi) is 59.4. The highest BCUT2D eigenvalue weighted by Gasteiger charge is 2.30. The lowest BCUT2D eigenvalue weighted by atomic mass is 9.99. The Bertz CT molecular complexity index is 1780. The summed E-state index contributed by atoms with van der Waals surface area (Å²) in [6.07, 6.45) is 43.0. The monoisotopic (exact) mass is 1320 g/mol. The van der Waals surface area contributed by atoms with Crippen LogP contribution in [0.5, 0.6) is 0 Å². The molecule has 534 valence electrons. The highest BCUT2D eigenvalue weighted by Crippen LogP contribution is 2.45. The van der Waals surface area contributed by atoms with Gasteiger partial charge in [0.25, 0.3) is 0 Å². The minimum Gasteiger partial charge on any atom is -0.462 e. The van der Waals surface area contributed by atoms with Crippen molar-refractivity contribution in [2.24, 2.45) is 23.7 Å². The molecule has 0 amide bonds. The van der Waals surface area contributed by atoms with Crippen LogP contribution in [-0.4, -0.2) is 96.7 Å². The maximum Gasteiger partial charge on any atom is 0.472 e. The fourth-order valence-corrected chi connectivity index (χ4v) is 12.2. The van der Waals surface area contributed by atoms with Gasteiger partial charge in [0.1, 0.15) is 19.3 Å². The Morgan fingerprint density at radius 3 is 0.789 bits per heavy atom. The summed E-state index contributed by atoms with van der Waals surface area (Å²) in [6, 6.07) is 0. The van der Waals surface area contributed by atoms with Crippen molar-refractivity contribution < 1.29 is 80.2 Å². The Morgan fingerprint density at radius 2 is 0.533 bits per heavy atom. The molecule has 0 aromatic rings. The molecule has 0 saturated carbocycles. The van der Waals surface area contributed by atoms with Crippen LogP contribution in [0.1, 0.15) is 351 Å². The largest absolute Gasteiger partial charge is 0.472 e. The van der Waals surface area contributed by atoms with Crippen LogP contribution >= 0.6 is 15.6 Å². The summed E-state index contributed by atoms with van der Waals surface area (Å²) in [4.78, 5) is 72.6. The second-order valence-electron chi connectivity index (χ2n) is 27.3. The molecule has 0 aliphatic heterocycles. The molecule has 0 aromatic carbocycles. The van der Waals surface area contributed by atoms with Crippen LogP contribution in [0, 0.1) is 23.7 Å². The zero-order valence-electron chi connectivity index (χ0n) is 58.8. The van der Waals surface area contributed by atoms with Gasteiger partial charge in [-0.05, 0) is 49.4 Å². The zero-order chi connectivity index (χ0) is 66.8. The molecule has 0 rings (SSSR count). The van der Waals surface area contributed by atoms with E-state index in [-0.39, 0.29) is 25.7 Å². The van der Waals surface area contributed by atoms with E-state index in [2.05, 4.69) is 55.4 Å². The standard InChI is InChI=1S/C71H138O17P2/c1-9-64(8)50-42-34-26-20-21-29-38-46-54-71(76)88-66(57-81-68(73)51-43-35-27-18-15-14-17-24-32-40-48-62(4)5)59-85-89(77,78)83-55-65(72)56-84-90(79,80)86-60-67(58-82-69(74)52-44-36-30-22-25-33-41-49-63(6)7)87-70(75)53-45-37-28-19-13-11-10-12-16-23-31-39-47-61(2)3/h61-67,72H,9-60H2,1-8H3,(H,77,78)(H,79,80)/t64?,65?,66-,67-/m1/s1. The lowest BCUT2D eigenvalue weighted by Crippen LogP contribution is -2.30. The van der Waals surface area contributed by atoms with Gasteiger partial charge < -0.3 is 33.8 Å². The van der Waals surface area contributed by atoms with Gasteiger partial charge in [0.05, 0.1) is 26.4 Å². The number of hydrogen-bond acceptors (Lipinski definition) is 15. The third-order valence-electron chi connectivity index (χ3n) is 16.7. The average Bonchev–Trinajstić information content (AvgIpc) is 3.71. The van der Waals surface area contributed by atoms with E-state index < -0.39 is 97.5 Å². The van der Waals surface area contributed by atoms with E-state index >= 15 is 0 Å². The van der Waals surface area contributed by atoms with Crippen LogP contribution in [0.25, 0.3) is 0 Å². The molecular weight excluding hydrogens is 1190 g/mol. The Labute approximate surface area is 549 Å². The van der Waals surface area contributed by atoms with Gasteiger partial charge >= 0.3 is 39.5 Å². The second kappa shape index (κ2) is 60.7. The van der Waals surface area contributed by atoms with Gasteiger partial charge in [0.15, 0.2) is 12.2 Å². The van der Waals surface area contributed by atoms with Gasteiger partial charge in [-0.2, -0.15) is 0 Å². The van der Waals surface area contributed by atoms with Crippen molar-refractivity contribution in [1.29, 1.82) is 0 Å². The first-order valence-corrected chi connectivity index (χ1v) is 39.7. The normalized spacial score (nSPS) is 14.6. The number of carbonyl (C=O) groups excluding carboxylic acids is 4. The third-order valence-corrected chi connectivity index (χ3v) is 18.6. The van der Waals surface area contributed by atoms with Crippen molar-refractivity contribution in [1.82, 2.24) is 0 Å². The quantitative estimate of drug-likeness (QED) is 0.0222. The van der Waals surface area contributed by atoms with Gasteiger partial charge in [-0.1, -0.05) is 299 Å². The Morgan fingerprint density at radius 1 is 0.311 bits per heavy atom. The van der Waals surface area contributed by atoms with Gasteiger partial charge in [-0.15, -0.1) is 0 Å². The summed E-state index contributed by atoms with van der Waals surface area (Å²) in [5.41, 5.74) is 0. The highest BCUT2D eigenvalue weighted by molar-refractivity contribution is 7.47. The number of phosphoric acid groups is 2. The van der Waals surface area contributed by atoms with E-state index in [0.717, 1.165) is 114 Å². The SMILES string of the molecule is CCC(C)CCCCCCCCCCC(=O)O[C@H](COC(=O)CCCCCCCCCCCCC(C)C)COP(=O)(O)OCC(O)COP(=O)(O)OC[C@@H](COC(=O)CCCCCCCCCC(C)C)OC(=O)CCCCCCCCCCCCCCC(C)C. The van der Waals surface area contributed by atoms with Crippen molar-refractivity contribution in [3.8, 4) is 0 Å². The molecule has 19 heteroatoms. The number of aliphatic hydroxyl groups is 1. The number of phosphoric ester groups is 2. The molecule has 4 unspecified atom stereocenters. The number of ether oxygens (including phenoxy) is 4. The van der Waals surface area contributed by atoms with E-state index in [0.29, 0.717) is 31.6 Å². The van der Waals surface area contributed by atoms with Crippen LogP contribution in [-0.2, 0) is 65.4 Å². The van der Waals surface area contributed by atoms with E-state index in [1.54, 1.807) is 0 Å². The van der Waals surface area contributed by atoms with Crippen molar-refractivity contribution in [2.45, 2.75) is 369 Å². The molecule has 0 aliphatic rings. The number of carbonyl (C=O) groups is 4. The minimum atomic E-state index is -4.95. The van der Waals surface area contributed by atoms with E-state index in [4.69, 9.17) is 37.0 Å². The van der Waals surface area contributed by atoms with Crippen molar-refractivity contribution in [3.63, 3.8) is 0 Å². The predicted molar refractivity (Wildman–Crippen MR) is 363 cm³/mol. The lowest BCUT2D eigenvalue weighted by molar-refractivity contribution is -0.161. The molecule has 0 radical (unpaired) electrons. The van der Waals surface area contributed by atoms with Gasteiger partial charge in [0.2, 0.25) is 0 Å². The number of aliphatic hydroxyl groups excluding tert-OH is 1. The summed E-state index contributed by atoms with van der Waals surface area (Å²) >= 11 is 0. The maximum atomic E-state index is 13.0. The maximum absolute atomic E-state index is 13.0. The zero-order valence-corrected chi connectivity index (χ0v) is 60.6. The second-order valence-corrected chi connectivity index (χ2v) is 30.2. The van der Waals surface area contributed by atoms with E-state index in [1.807, 2.05) is 0 Å². The van der Waals surface area contributed by atoms with Crippen LogP contribution in [0.15, 0.2) is 0 Å². The smallest absolute Gasteiger partial charge is 0.462 e. The summed E-state index contributed by atoms with van der Waals surface area (Å²) in [6.45, 7) is 14.1. The van der Waals surface area contributed by atoms with Crippen LogP contribution in [0.3, 0.4) is 0 Å². The first-order valence-electron chi connectivity index (χ1n) is 36.7. The van der Waals surface area contributed by atoms with Crippen LogP contribution in [0.4, 0.5) is 0 Å². The molecule has 0 aliphatic carbocycles. The van der Waals surface area contributed by atoms with Crippen molar-refractivity contribution in [2.75, 3.05) is 39.6 Å². The molecule has 17 nitrogen and oxygen atoms in total. The average molecular weight is 1330 g/mol. The molecule has 0 aromatic heterocycles. The molecule has 0 spiro atoms. The first-order chi connectivity index (χ1) is 43.1. The van der Waals surface area contributed by atoms with Crippen molar-refractivity contribution in [3.05, 3.63) is 0 Å². The van der Waals surface area contributed by atoms with Crippen LogP contribution in [0.2, 0.25) is 0 Å². The third kappa shape index (κ3) is 63.5. The van der Waals surface area contributed by atoms with E-state index in [9.17, 15) is 43.2 Å². The first kappa shape index (κ1) is 88.1. The topological polar surface area (TPSA) is 237 Å². The molecule has 90 heavy (non-hydrogen) atoms. The fourth-order valence-electron chi connectivity index (χ4n) is 10.6. The van der Waals surface area contributed by atoms with E-state index in [1.165, 1.54) is 148 Å². The molecule has 0 bridgehead atoms. The molecule has 0 fully saturated rings. The Hall–Kier alpha value is -1.94. The highest BCUT2D eigenvalue weighted by atomic mass is 31.2. The molecule has 0 heterocycles. The minimum absolute atomic E-state index is 0.104. The molecule has 0 saturated heterocycles. The van der Waals surface area contributed by atoms with Gasteiger partial charge in [-0.25, -0.2) is 9.13 Å². The van der Waals surface area contributed by atoms with Gasteiger partial charge in [0, 0.05) is 25.7 Å². The van der Waals surface area contributed by atoms with Crippen LogP contribution < -0.4 is 0 Å². The number of rotatable bonds is 68. The number of unbranched alkanes of at least 4 members (excludes halogenated alkanes) is 33. The molecular formula is C71H138O17P2. The number of hydrogen-bond donors (Lipinski definition) is 3. The predicted octanol–water partition coefficient (Wildman–Crippen LogP) is 20.1.